The van der Waals surface area contributed by atoms with Crippen molar-refractivity contribution < 1.29 is 67.0 Å². The van der Waals surface area contributed by atoms with Crippen molar-refractivity contribution in [2.75, 3.05) is 26.3 Å². The van der Waals surface area contributed by atoms with Crippen molar-refractivity contribution in [1.29, 1.82) is 0 Å². The van der Waals surface area contributed by atoms with Crippen LogP contribution in [0.2, 0.25) is 18.1 Å². The van der Waals surface area contributed by atoms with Crippen LogP contribution in [0.5, 0.6) is 0 Å². The molecule has 13 atom stereocenters. The van der Waals surface area contributed by atoms with Gasteiger partial charge in [0.1, 0.15) is 35.6 Å². The fourth-order valence-corrected chi connectivity index (χ4v) is 13.5. The third-order valence-electron chi connectivity index (χ3n) is 17.3. The molecule has 3 aliphatic heterocycles. The van der Waals surface area contributed by atoms with Gasteiger partial charge in [-0.2, -0.15) is 0 Å². The van der Waals surface area contributed by atoms with Crippen LogP contribution in [0.25, 0.3) is 0 Å². The van der Waals surface area contributed by atoms with E-state index in [2.05, 4.69) is 31.0 Å². The Bertz CT molecular complexity index is 2380. The van der Waals surface area contributed by atoms with Crippen LogP contribution in [-0.2, 0) is 47.2 Å². The number of fused-ring (bicyclic) bond motifs is 8. The number of aliphatic hydroxyl groups excluding tert-OH is 1. The Balaban J connectivity index is 1.31. The van der Waals surface area contributed by atoms with E-state index in [9.17, 15) is 24.6 Å². The van der Waals surface area contributed by atoms with E-state index in [0.29, 0.717) is 36.1 Å². The van der Waals surface area contributed by atoms with E-state index in [4.69, 9.17) is 37.6 Å². The summed E-state index contributed by atoms with van der Waals surface area (Å²) in [5, 5.41) is 27.1. The number of likely N-dealkylation sites (tertiary alicyclic amines) is 1. The van der Waals surface area contributed by atoms with Crippen molar-refractivity contribution in [2.24, 2.45) is 16.7 Å². The van der Waals surface area contributed by atoms with Gasteiger partial charge in [-0.3, -0.25) is 9.69 Å². The van der Waals surface area contributed by atoms with Crippen LogP contribution < -0.4 is 5.32 Å². The number of alkyl carbamates (subject to hydrolysis) is 1. The first kappa shape index (κ1) is 54.1. The lowest BCUT2D eigenvalue weighted by Gasteiger charge is -2.68. The number of ether oxygens (including phenoxy) is 7. The molecule has 17 heteroatoms. The summed E-state index contributed by atoms with van der Waals surface area (Å²) in [5.41, 5.74) is -4.56. The van der Waals surface area contributed by atoms with Gasteiger partial charge in [-0.25, -0.2) is 14.4 Å². The molecule has 3 aliphatic carbocycles. The normalized spacial score (nSPS) is 34.0. The second kappa shape index (κ2) is 19.5. The fourth-order valence-electron chi connectivity index (χ4n) is 12.3. The number of nitrogens with zero attached hydrogens (tertiary/aromatic N) is 1. The number of rotatable bonds is 13. The Morgan fingerprint density at radius 2 is 1.58 bits per heavy atom. The van der Waals surface area contributed by atoms with E-state index in [1.54, 1.807) is 63.2 Å². The SMILES string of the molecule is CC(=O)O[C@@]12CO[C@@H]1CC[C@@]1(C)[C@@H]3O[C@H](CN4CC[C@H]4CO)O[C@@H]3C3=C(C)[C@@H](OC(=O)[C@H](O[Si](C)(C)C(C)(C)C)[C@@H](NC(=O)OC(C)(C)C)c4ccccc4)C[C@@](O)([C@@H](OC(=O)c4ccccc4)[C@@H]12)C3(C)C. The predicted octanol–water partition coefficient (Wildman–Crippen LogP) is 7.57. The Hall–Kier alpha value is -4.20. The third-order valence-corrected chi connectivity index (χ3v) is 21.7. The number of carbonyl (C=O) groups excluding carboxylic acids is 4. The molecule has 2 saturated carbocycles. The first-order valence-electron chi connectivity index (χ1n) is 25.7. The highest BCUT2D eigenvalue weighted by Gasteiger charge is 2.77. The minimum Gasteiger partial charge on any atom is -0.456 e. The van der Waals surface area contributed by atoms with Gasteiger partial charge in [0.15, 0.2) is 26.3 Å². The Labute approximate surface area is 425 Å². The summed E-state index contributed by atoms with van der Waals surface area (Å²) in [6, 6.07) is 16.4. The fraction of sp³-hybridized carbons (Fsp3) is 0.673. The molecule has 5 fully saturated rings. The Morgan fingerprint density at radius 1 is 0.931 bits per heavy atom. The van der Waals surface area contributed by atoms with E-state index < -0.39 is 120 Å². The molecule has 2 aromatic rings. The van der Waals surface area contributed by atoms with Gasteiger partial charge in [-0.1, -0.05) is 90.1 Å². The largest absolute Gasteiger partial charge is 0.456 e. The maximum absolute atomic E-state index is 15.6. The molecule has 0 spiro atoms. The van der Waals surface area contributed by atoms with Crippen LogP contribution in [0.4, 0.5) is 4.79 Å². The van der Waals surface area contributed by atoms with Gasteiger partial charge >= 0.3 is 24.0 Å². The zero-order valence-corrected chi connectivity index (χ0v) is 45.4. The second-order valence-electron chi connectivity index (χ2n) is 24.3. The van der Waals surface area contributed by atoms with Crippen molar-refractivity contribution in [3.63, 3.8) is 0 Å². The lowest BCUT2D eigenvalue weighted by molar-refractivity contribution is -0.345. The highest BCUT2D eigenvalue weighted by atomic mass is 28.4. The molecular weight excluding hydrogens is 941 g/mol. The first-order chi connectivity index (χ1) is 33.6. The summed E-state index contributed by atoms with van der Waals surface area (Å²) < 4.78 is 53.5. The second-order valence-corrected chi connectivity index (χ2v) is 29.1. The number of hydrogen-bond donors (Lipinski definition) is 3. The minimum atomic E-state index is -2.87. The van der Waals surface area contributed by atoms with Gasteiger partial charge in [-0.15, -0.1) is 0 Å². The Morgan fingerprint density at radius 3 is 2.14 bits per heavy atom. The van der Waals surface area contributed by atoms with Crippen LogP contribution in [0.15, 0.2) is 71.8 Å². The van der Waals surface area contributed by atoms with Crippen LogP contribution in [-0.4, -0.2) is 139 Å². The van der Waals surface area contributed by atoms with Crippen molar-refractivity contribution in [1.82, 2.24) is 10.2 Å². The van der Waals surface area contributed by atoms with Crippen LogP contribution in [0.1, 0.15) is 124 Å². The summed E-state index contributed by atoms with van der Waals surface area (Å²) in [4.78, 5) is 59.6. The summed E-state index contributed by atoms with van der Waals surface area (Å²) in [5.74, 6) is -3.02. The van der Waals surface area contributed by atoms with E-state index in [-0.39, 0.29) is 31.2 Å². The molecule has 0 aromatic heterocycles. The molecule has 72 heavy (non-hydrogen) atoms. The van der Waals surface area contributed by atoms with Gasteiger partial charge < -0.3 is 53.1 Å². The molecule has 3 heterocycles. The van der Waals surface area contributed by atoms with Gasteiger partial charge in [0, 0.05) is 43.3 Å². The molecule has 396 valence electrons. The number of carbonyl (C=O) groups is 4. The lowest BCUT2D eigenvalue weighted by Crippen LogP contribution is -2.79. The highest BCUT2D eigenvalue weighted by Crippen LogP contribution is 2.67. The molecule has 3 saturated heterocycles. The van der Waals surface area contributed by atoms with Gasteiger partial charge in [0.05, 0.1) is 36.8 Å². The molecule has 0 unspecified atom stereocenters. The van der Waals surface area contributed by atoms with Gasteiger partial charge in [0.25, 0.3) is 0 Å². The first-order valence-corrected chi connectivity index (χ1v) is 28.6. The molecule has 6 aliphatic rings. The molecule has 8 rings (SSSR count). The minimum absolute atomic E-state index is 0.0178. The van der Waals surface area contributed by atoms with Crippen molar-refractivity contribution in [3.05, 3.63) is 82.9 Å². The van der Waals surface area contributed by atoms with Crippen LogP contribution >= 0.6 is 0 Å². The quantitative estimate of drug-likeness (QED) is 0.0768. The van der Waals surface area contributed by atoms with Gasteiger partial charge in [0.2, 0.25) is 0 Å². The molecular formula is C55H78N2O14Si. The van der Waals surface area contributed by atoms with E-state index in [1.807, 2.05) is 59.0 Å². The van der Waals surface area contributed by atoms with Gasteiger partial charge in [-0.05, 0) is 93.9 Å². The Kier molecular flexibility index (Phi) is 14.6. The van der Waals surface area contributed by atoms with Crippen molar-refractivity contribution in [3.8, 4) is 0 Å². The zero-order valence-electron chi connectivity index (χ0n) is 44.4. The number of amides is 1. The molecule has 2 bridgehead atoms. The number of nitrogens with one attached hydrogen (secondary N) is 1. The lowest BCUT2D eigenvalue weighted by atomic mass is 9.45. The summed E-state index contributed by atoms with van der Waals surface area (Å²) in [6.07, 6.45) is -6.30. The average molecular weight is 1020 g/mol. The predicted molar refractivity (Wildman–Crippen MR) is 268 cm³/mol. The average Bonchev–Trinajstić information content (AvgIpc) is 3.70. The molecule has 2 aromatic carbocycles. The number of aliphatic hydroxyl groups is 2. The molecule has 3 N–H and O–H groups in total. The number of hydrogen-bond acceptors (Lipinski definition) is 15. The topological polar surface area (TPSA) is 198 Å². The maximum atomic E-state index is 15.6. The smallest absolute Gasteiger partial charge is 0.408 e. The zero-order chi connectivity index (χ0) is 52.6. The summed E-state index contributed by atoms with van der Waals surface area (Å²) in [6.45, 7) is 25.5. The van der Waals surface area contributed by atoms with E-state index in [1.165, 1.54) is 6.92 Å². The monoisotopic (exact) mass is 1020 g/mol. The van der Waals surface area contributed by atoms with E-state index >= 15 is 4.79 Å². The van der Waals surface area contributed by atoms with Crippen molar-refractivity contribution >= 4 is 32.3 Å². The number of benzene rings is 2. The standard InChI is InChI=1S/C55H78N2O14Si/c1-32-37(65-48(61)43(71-72(12,13)51(6,7)8)41(34-20-16-14-17-21-34)56-49(62)70-50(3,4)5)28-55(63)46(68-47(60)35-22-18-15-19-23-35)44-53(11,26-24-38-54(44,31-64-38)69-33(2)59)45-42(40(32)52(55,9)10)66-39(67-45)29-57-27-25-36(57)30-58/h14-23,36-39,41-46,58,63H,24-31H2,1-13H3,(H,56,62)/t36-,37-,38+,39+,41-,42+,43+,44-,45+,46-,53+,54-,55+/m0/s1. The third kappa shape index (κ3) is 9.70. The van der Waals surface area contributed by atoms with Crippen LogP contribution in [0.3, 0.4) is 0 Å². The number of esters is 3. The summed E-state index contributed by atoms with van der Waals surface area (Å²) >= 11 is 0. The molecule has 16 nitrogen and oxygen atoms in total. The molecule has 0 radical (unpaired) electrons. The summed E-state index contributed by atoms with van der Waals surface area (Å²) in [7, 11) is -2.87. The molecule has 1 amide bonds. The van der Waals surface area contributed by atoms with Crippen molar-refractivity contribution in [2.45, 2.75) is 192 Å². The maximum Gasteiger partial charge on any atom is 0.408 e. The van der Waals surface area contributed by atoms with Crippen LogP contribution in [0, 0.1) is 16.7 Å². The highest BCUT2D eigenvalue weighted by molar-refractivity contribution is 6.74. The van der Waals surface area contributed by atoms with E-state index in [0.717, 1.165) is 13.0 Å².